The smallest absolute Gasteiger partial charge is 0.417 e. The number of aromatic nitrogens is 1. The summed E-state index contributed by atoms with van der Waals surface area (Å²) < 4.78 is 43.0. The molecule has 8 heteroatoms. The van der Waals surface area contributed by atoms with Crippen LogP contribution in [0.25, 0.3) is 0 Å². The van der Waals surface area contributed by atoms with E-state index in [0.29, 0.717) is 38.4 Å². The normalized spacial score (nSPS) is 15.0. The van der Waals surface area contributed by atoms with Crippen LogP contribution in [0.3, 0.4) is 0 Å². The highest BCUT2D eigenvalue weighted by atomic mass is 19.4. The molecular formula is C19H20F3N3O2. The zero-order valence-electron chi connectivity index (χ0n) is 14.9. The molecule has 1 aliphatic rings. The van der Waals surface area contributed by atoms with Crippen molar-refractivity contribution >= 4 is 11.7 Å². The third kappa shape index (κ3) is 4.69. The molecule has 1 aliphatic heterocycles. The molecule has 0 bridgehead atoms. The third-order valence-electron chi connectivity index (χ3n) is 4.55. The number of hydrogen-bond donors (Lipinski definition) is 0. The molecule has 5 nitrogen and oxygen atoms in total. The SMILES string of the molecule is COc1ccc(CC(=O)N2CCN(c3ccc(C(F)(F)F)cn3)CC2)cc1. The van der Waals surface area contributed by atoms with Gasteiger partial charge in [-0.25, -0.2) is 4.98 Å². The van der Waals surface area contributed by atoms with Gasteiger partial charge >= 0.3 is 6.18 Å². The number of nitrogens with zero attached hydrogens (tertiary/aromatic N) is 3. The number of hydrogen-bond acceptors (Lipinski definition) is 4. The van der Waals surface area contributed by atoms with E-state index >= 15 is 0 Å². The Hall–Kier alpha value is -2.77. The molecule has 2 aromatic rings. The monoisotopic (exact) mass is 379 g/mol. The minimum absolute atomic E-state index is 0.0280. The highest BCUT2D eigenvalue weighted by molar-refractivity contribution is 5.79. The molecule has 0 spiro atoms. The first kappa shape index (κ1) is 19.0. The van der Waals surface area contributed by atoms with Gasteiger partial charge < -0.3 is 14.5 Å². The first-order valence-electron chi connectivity index (χ1n) is 8.56. The summed E-state index contributed by atoms with van der Waals surface area (Å²) >= 11 is 0. The molecule has 0 N–H and O–H groups in total. The van der Waals surface area contributed by atoms with E-state index in [4.69, 9.17) is 4.74 Å². The number of rotatable bonds is 4. The molecule has 27 heavy (non-hydrogen) atoms. The molecule has 0 radical (unpaired) electrons. The number of carbonyl (C=O) groups is 1. The molecule has 0 atom stereocenters. The summed E-state index contributed by atoms with van der Waals surface area (Å²) in [4.78, 5) is 20.0. The lowest BCUT2D eigenvalue weighted by Crippen LogP contribution is -2.49. The summed E-state index contributed by atoms with van der Waals surface area (Å²) in [5.41, 5.74) is 0.146. The van der Waals surface area contributed by atoms with Gasteiger partial charge in [-0.05, 0) is 29.8 Å². The molecule has 144 valence electrons. The standard InChI is InChI=1S/C19H20F3N3O2/c1-27-16-5-2-14(3-6-16)12-18(26)25-10-8-24(9-11-25)17-7-4-15(13-23-17)19(20,21)22/h2-7,13H,8-12H2,1H3. The van der Waals surface area contributed by atoms with E-state index in [0.717, 1.165) is 23.6 Å². The first-order valence-corrected chi connectivity index (χ1v) is 8.56. The van der Waals surface area contributed by atoms with Gasteiger partial charge in [-0.1, -0.05) is 12.1 Å². The fourth-order valence-corrected chi connectivity index (χ4v) is 2.96. The number of amides is 1. The fourth-order valence-electron chi connectivity index (χ4n) is 2.96. The number of ether oxygens (including phenoxy) is 1. The van der Waals surface area contributed by atoms with Crippen LogP contribution in [0.1, 0.15) is 11.1 Å². The van der Waals surface area contributed by atoms with Crippen LogP contribution in [0.5, 0.6) is 5.75 Å². The molecule has 1 aromatic heterocycles. The Labute approximate surface area is 155 Å². The van der Waals surface area contributed by atoms with Crippen LogP contribution < -0.4 is 9.64 Å². The van der Waals surface area contributed by atoms with Gasteiger partial charge in [-0.3, -0.25) is 4.79 Å². The molecule has 2 heterocycles. The minimum atomic E-state index is -4.39. The Morgan fingerprint density at radius 1 is 1.07 bits per heavy atom. The van der Waals surface area contributed by atoms with Crippen molar-refractivity contribution in [2.75, 3.05) is 38.2 Å². The van der Waals surface area contributed by atoms with Gasteiger partial charge in [0.25, 0.3) is 0 Å². The van der Waals surface area contributed by atoms with Gasteiger partial charge in [-0.15, -0.1) is 0 Å². The Balaban J connectivity index is 1.54. The number of piperazine rings is 1. The molecule has 1 saturated heterocycles. The summed E-state index contributed by atoms with van der Waals surface area (Å²) in [6.07, 6.45) is -3.24. The Morgan fingerprint density at radius 3 is 2.26 bits per heavy atom. The zero-order valence-corrected chi connectivity index (χ0v) is 14.9. The van der Waals surface area contributed by atoms with Gasteiger partial charge in [0.1, 0.15) is 11.6 Å². The molecule has 1 fully saturated rings. The Kier molecular flexibility index (Phi) is 5.53. The van der Waals surface area contributed by atoms with Crippen LogP contribution in [0, 0.1) is 0 Å². The highest BCUT2D eigenvalue weighted by Gasteiger charge is 2.31. The molecule has 0 saturated carbocycles. The predicted molar refractivity (Wildman–Crippen MR) is 94.7 cm³/mol. The number of anilines is 1. The van der Waals surface area contributed by atoms with E-state index in [1.807, 2.05) is 29.2 Å². The highest BCUT2D eigenvalue weighted by Crippen LogP contribution is 2.29. The van der Waals surface area contributed by atoms with E-state index in [9.17, 15) is 18.0 Å². The molecule has 1 aromatic carbocycles. The largest absolute Gasteiger partial charge is 0.497 e. The summed E-state index contributed by atoms with van der Waals surface area (Å²) in [5, 5.41) is 0. The van der Waals surface area contributed by atoms with Crippen LogP contribution in [0.4, 0.5) is 19.0 Å². The maximum absolute atomic E-state index is 12.6. The summed E-state index contributed by atoms with van der Waals surface area (Å²) in [5.74, 6) is 1.26. The van der Waals surface area contributed by atoms with Gasteiger partial charge in [0.15, 0.2) is 0 Å². The van der Waals surface area contributed by atoms with E-state index < -0.39 is 11.7 Å². The van der Waals surface area contributed by atoms with Crippen molar-refractivity contribution in [3.8, 4) is 5.75 Å². The minimum Gasteiger partial charge on any atom is -0.497 e. The molecule has 1 amide bonds. The van der Waals surface area contributed by atoms with Crippen LogP contribution in [-0.2, 0) is 17.4 Å². The molecule has 3 rings (SSSR count). The van der Waals surface area contributed by atoms with Crippen molar-refractivity contribution in [3.05, 3.63) is 53.7 Å². The van der Waals surface area contributed by atoms with Gasteiger partial charge in [0.2, 0.25) is 5.91 Å². The number of benzene rings is 1. The number of carbonyl (C=O) groups excluding carboxylic acids is 1. The molecule has 0 aliphatic carbocycles. The number of pyridine rings is 1. The zero-order chi connectivity index (χ0) is 19.4. The van der Waals surface area contributed by atoms with Crippen LogP contribution in [-0.4, -0.2) is 49.1 Å². The van der Waals surface area contributed by atoms with Crippen molar-refractivity contribution in [2.24, 2.45) is 0 Å². The summed E-state index contributed by atoms with van der Waals surface area (Å²) in [6.45, 7) is 2.09. The average molecular weight is 379 g/mol. The Bertz CT molecular complexity index is 768. The molecular weight excluding hydrogens is 359 g/mol. The fraction of sp³-hybridized carbons (Fsp3) is 0.368. The maximum Gasteiger partial charge on any atom is 0.417 e. The summed E-state index contributed by atoms with van der Waals surface area (Å²) in [7, 11) is 1.59. The quantitative estimate of drug-likeness (QED) is 0.819. The lowest BCUT2D eigenvalue weighted by atomic mass is 10.1. The first-order chi connectivity index (χ1) is 12.9. The van der Waals surface area contributed by atoms with Crippen molar-refractivity contribution in [3.63, 3.8) is 0 Å². The number of halogens is 3. The van der Waals surface area contributed by atoms with E-state index in [1.54, 1.807) is 12.0 Å². The van der Waals surface area contributed by atoms with Crippen LogP contribution in [0.2, 0.25) is 0 Å². The van der Waals surface area contributed by atoms with Crippen LogP contribution >= 0.6 is 0 Å². The second kappa shape index (κ2) is 7.85. The third-order valence-corrected chi connectivity index (χ3v) is 4.55. The predicted octanol–water partition coefficient (Wildman–Crippen LogP) is 3.00. The average Bonchev–Trinajstić information content (AvgIpc) is 2.68. The van der Waals surface area contributed by atoms with E-state index in [2.05, 4.69) is 4.98 Å². The number of alkyl halides is 3. The van der Waals surface area contributed by atoms with Crippen molar-refractivity contribution in [2.45, 2.75) is 12.6 Å². The van der Waals surface area contributed by atoms with Crippen molar-refractivity contribution in [1.82, 2.24) is 9.88 Å². The van der Waals surface area contributed by atoms with Crippen LogP contribution in [0.15, 0.2) is 42.6 Å². The van der Waals surface area contributed by atoms with Gasteiger partial charge in [0, 0.05) is 32.4 Å². The lowest BCUT2D eigenvalue weighted by molar-refractivity contribution is -0.137. The van der Waals surface area contributed by atoms with Gasteiger partial charge in [0.05, 0.1) is 19.1 Å². The topological polar surface area (TPSA) is 45.7 Å². The van der Waals surface area contributed by atoms with E-state index in [1.165, 1.54) is 6.07 Å². The van der Waals surface area contributed by atoms with Crippen molar-refractivity contribution in [1.29, 1.82) is 0 Å². The second-order valence-corrected chi connectivity index (χ2v) is 6.30. The number of methoxy groups -OCH3 is 1. The maximum atomic E-state index is 12.6. The van der Waals surface area contributed by atoms with Crippen molar-refractivity contribution < 1.29 is 22.7 Å². The summed E-state index contributed by atoms with van der Waals surface area (Å²) in [6, 6.07) is 9.76. The van der Waals surface area contributed by atoms with E-state index in [-0.39, 0.29) is 5.91 Å². The Morgan fingerprint density at radius 2 is 1.74 bits per heavy atom. The lowest BCUT2D eigenvalue weighted by Gasteiger charge is -2.35. The second-order valence-electron chi connectivity index (χ2n) is 6.30. The van der Waals surface area contributed by atoms with Gasteiger partial charge in [-0.2, -0.15) is 13.2 Å². The molecule has 0 unspecified atom stereocenters.